The molecule has 1 heterocycles. The van der Waals surface area contributed by atoms with E-state index >= 15 is 0 Å². The molecule has 0 amide bonds. The highest BCUT2D eigenvalue weighted by Crippen LogP contribution is 2.26. The first-order valence-corrected chi connectivity index (χ1v) is 7.56. The van der Waals surface area contributed by atoms with Crippen molar-refractivity contribution in [1.82, 2.24) is 15.0 Å². The Bertz CT molecular complexity index is 396. The van der Waals surface area contributed by atoms with Gasteiger partial charge in [0.2, 0.25) is 11.9 Å². The Balaban J connectivity index is 2.10. The van der Waals surface area contributed by atoms with Gasteiger partial charge in [-0.3, -0.25) is 0 Å². The van der Waals surface area contributed by atoms with Crippen LogP contribution in [0.25, 0.3) is 0 Å². The van der Waals surface area contributed by atoms with Crippen molar-refractivity contribution < 1.29 is 4.74 Å². The highest BCUT2D eigenvalue weighted by molar-refractivity contribution is 5.37. The van der Waals surface area contributed by atoms with Crippen molar-refractivity contribution >= 4 is 11.9 Å². The number of aromatic nitrogens is 3. The lowest BCUT2D eigenvalue weighted by atomic mass is 10.1. The first-order chi connectivity index (χ1) is 9.72. The van der Waals surface area contributed by atoms with Crippen molar-refractivity contribution in [3.05, 3.63) is 0 Å². The van der Waals surface area contributed by atoms with E-state index in [2.05, 4.69) is 25.2 Å². The number of hydrogen-bond acceptors (Lipinski definition) is 6. The zero-order chi connectivity index (χ0) is 14.4. The van der Waals surface area contributed by atoms with E-state index in [0.29, 0.717) is 24.5 Å². The molecule has 0 bridgehead atoms. The van der Waals surface area contributed by atoms with Gasteiger partial charge >= 0.3 is 6.01 Å². The zero-order valence-electron chi connectivity index (χ0n) is 12.7. The zero-order valence-corrected chi connectivity index (χ0v) is 12.7. The van der Waals surface area contributed by atoms with Gasteiger partial charge in [-0.2, -0.15) is 15.0 Å². The number of ether oxygens (including phenoxy) is 1. The number of hydrogen-bond donors (Lipinski definition) is 1. The standard InChI is InChI=1S/C14H25N5O/c1-4-15-12-16-13(18-14(17-12)20-5-2)19(3)10-11-8-6-7-9-11/h11H,4-10H2,1-3H3,(H,15,16,17,18). The number of anilines is 2. The Kier molecular flexibility index (Phi) is 5.38. The molecule has 6 nitrogen and oxygen atoms in total. The average molecular weight is 279 g/mol. The predicted molar refractivity (Wildman–Crippen MR) is 80.4 cm³/mol. The quantitative estimate of drug-likeness (QED) is 0.826. The summed E-state index contributed by atoms with van der Waals surface area (Å²) >= 11 is 0. The van der Waals surface area contributed by atoms with E-state index in [1.807, 2.05) is 20.9 Å². The Morgan fingerprint density at radius 3 is 2.60 bits per heavy atom. The molecule has 1 fully saturated rings. The normalized spacial score (nSPS) is 15.3. The molecule has 1 aromatic heterocycles. The minimum absolute atomic E-state index is 0.395. The van der Waals surface area contributed by atoms with E-state index < -0.39 is 0 Å². The molecule has 0 atom stereocenters. The van der Waals surface area contributed by atoms with E-state index in [9.17, 15) is 0 Å². The fourth-order valence-corrected chi connectivity index (χ4v) is 2.61. The van der Waals surface area contributed by atoms with Crippen LogP contribution in [0.5, 0.6) is 6.01 Å². The maximum atomic E-state index is 5.42. The Morgan fingerprint density at radius 2 is 1.95 bits per heavy atom. The highest BCUT2D eigenvalue weighted by Gasteiger charge is 2.19. The molecule has 0 radical (unpaired) electrons. The van der Waals surface area contributed by atoms with Crippen molar-refractivity contribution in [2.45, 2.75) is 39.5 Å². The summed E-state index contributed by atoms with van der Waals surface area (Å²) in [5.74, 6) is 2.03. The maximum Gasteiger partial charge on any atom is 0.323 e. The monoisotopic (exact) mass is 279 g/mol. The van der Waals surface area contributed by atoms with Gasteiger partial charge < -0.3 is 15.0 Å². The largest absolute Gasteiger partial charge is 0.464 e. The van der Waals surface area contributed by atoms with Crippen LogP contribution in [0.2, 0.25) is 0 Å². The fraction of sp³-hybridized carbons (Fsp3) is 0.786. The summed E-state index contributed by atoms with van der Waals surface area (Å²) in [5.41, 5.74) is 0. The van der Waals surface area contributed by atoms with Crippen LogP contribution in [0.4, 0.5) is 11.9 Å². The van der Waals surface area contributed by atoms with Crippen molar-refractivity contribution in [2.24, 2.45) is 5.92 Å². The Morgan fingerprint density at radius 1 is 1.20 bits per heavy atom. The van der Waals surface area contributed by atoms with Crippen molar-refractivity contribution in [2.75, 3.05) is 37.0 Å². The molecule has 0 aliphatic heterocycles. The molecule has 0 aromatic carbocycles. The smallest absolute Gasteiger partial charge is 0.323 e. The molecule has 20 heavy (non-hydrogen) atoms. The predicted octanol–water partition coefficient (Wildman–Crippen LogP) is 2.33. The average Bonchev–Trinajstić information content (AvgIpc) is 2.92. The third-order valence-corrected chi connectivity index (χ3v) is 3.56. The summed E-state index contributed by atoms with van der Waals surface area (Å²) in [6.45, 7) is 6.29. The van der Waals surface area contributed by atoms with Gasteiger partial charge in [0.15, 0.2) is 0 Å². The molecule has 0 saturated heterocycles. The van der Waals surface area contributed by atoms with Crippen LogP contribution in [0, 0.1) is 5.92 Å². The summed E-state index contributed by atoms with van der Waals surface area (Å²) in [5, 5.41) is 3.13. The summed E-state index contributed by atoms with van der Waals surface area (Å²) in [7, 11) is 2.04. The lowest BCUT2D eigenvalue weighted by molar-refractivity contribution is 0.312. The second-order valence-electron chi connectivity index (χ2n) is 5.24. The van der Waals surface area contributed by atoms with Gasteiger partial charge in [0.05, 0.1) is 6.61 Å². The van der Waals surface area contributed by atoms with Gasteiger partial charge in [0.25, 0.3) is 0 Å². The first kappa shape index (κ1) is 14.8. The molecule has 1 aliphatic carbocycles. The van der Waals surface area contributed by atoms with Crippen LogP contribution < -0.4 is 15.0 Å². The fourth-order valence-electron chi connectivity index (χ4n) is 2.61. The van der Waals surface area contributed by atoms with Gasteiger partial charge in [-0.05, 0) is 32.6 Å². The van der Waals surface area contributed by atoms with Crippen molar-refractivity contribution in [1.29, 1.82) is 0 Å². The molecule has 1 aliphatic rings. The van der Waals surface area contributed by atoms with Crippen LogP contribution in [0.15, 0.2) is 0 Å². The van der Waals surface area contributed by atoms with E-state index in [-0.39, 0.29) is 0 Å². The summed E-state index contributed by atoms with van der Waals surface area (Å²) in [6.07, 6.45) is 5.33. The van der Waals surface area contributed by atoms with E-state index in [1.54, 1.807) is 0 Å². The third kappa shape index (κ3) is 3.95. The van der Waals surface area contributed by atoms with E-state index in [4.69, 9.17) is 4.74 Å². The highest BCUT2D eigenvalue weighted by atomic mass is 16.5. The molecule has 112 valence electrons. The molecular formula is C14H25N5O. The third-order valence-electron chi connectivity index (χ3n) is 3.56. The molecule has 6 heteroatoms. The molecule has 1 N–H and O–H groups in total. The second kappa shape index (κ2) is 7.26. The first-order valence-electron chi connectivity index (χ1n) is 7.56. The van der Waals surface area contributed by atoms with Gasteiger partial charge in [-0.1, -0.05) is 12.8 Å². The number of nitrogens with one attached hydrogen (secondary N) is 1. The van der Waals surface area contributed by atoms with Crippen molar-refractivity contribution in [3.8, 4) is 6.01 Å². The van der Waals surface area contributed by atoms with Crippen LogP contribution in [-0.2, 0) is 0 Å². The number of rotatable bonds is 7. The van der Waals surface area contributed by atoms with Crippen LogP contribution in [-0.4, -0.2) is 41.7 Å². The Hall–Kier alpha value is -1.59. The lowest BCUT2D eigenvalue weighted by Crippen LogP contribution is -2.26. The van der Waals surface area contributed by atoms with Gasteiger partial charge in [-0.15, -0.1) is 0 Å². The second-order valence-corrected chi connectivity index (χ2v) is 5.24. The topological polar surface area (TPSA) is 63.2 Å². The Labute approximate surface area is 121 Å². The summed E-state index contributed by atoms with van der Waals surface area (Å²) < 4.78 is 5.42. The molecule has 2 rings (SSSR count). The van der Waals surface area contributed by atoms with E-state index in [0.717, 1.165) is 19.0 Å². The van der Waals surface area contributed by atoms with Crippen molar-refractivity contribution in [3.63, 3.8) is 0 Å². The molecular weight excluding hydrogens is 254 g/mol. The molecule has 0 unspecified atom stereocenters. The van der Waals surface area contributed by atoms with Crippen LogP contribution in [0.3, 0.4) is 0 Å². The van der Waals surface area contributed by atoms with Crippen LogP contribution in [0.1, 0.15) is 39.5 Å². The van der Waals surface area contributed by atoms with Crippen LogP contribution >= 0.6 is 0 Å². The number of nitrogens with zero attached hydrogens (tertiary/aromatic N) is 4. The van der Waals surface area contributed by atoms with Gasteiger partial charge in [-0.25, -0.2) is 0 Å². The van der Waals surface area contributed by atoms with Gasteiger partial charge in [0, 0.05) is 20.1 Å². The minimum atomic E-state index is 0.395. The molecule has 1 saturated carbocycles. The van der Waals surface area contributed by atoms with E-state index in [1.165, 1.54) is 25.7 Å². The molecule has 1 aromatic rings. The maximum absolute atomic E-state index is 5.42. The minimum Gasteiger partial charge on any atom is -0.464 e. The lowest BCUT2D eigenvalue weighted by Gasteiger charge is -2.21. The molecule has 0 spiro atoms. The van der Waals surface area contributed by atoms with Gasteiger partial charge in [0.1, 0.15) is 0 Å². The summed E-state index contributed by atoms with van der Waals surface area (Å²) in [4.78, 5) is 15.2. The SMILES string of the molecule is CCNc1nc(OCC)nc(N(C)CC2CCCC2)n1. The summed E-state index contributed by atoms with van der Waals surface area (Å²) in [6, 6.07) is 0.395.